The van der Waals surface area contributed by atoms with Crippen molar-refractivity contribution in [2.75, 3.05) is 13.1 Å². The van der Waals surface area contributed by atoms with Gasteiger partial charge in [-0.05, 0) is 37.1 Å². The molecule has 1 fully saturated rings. The second kappa shape index (κ2) is 6.90. The van der Waals surface area contributed by atoms with Crippen molar-refractivity contribution in [1.82, 2.24) is 14.9 Å². The minimum absolute atomic E-state index is 0.434. The molecule has 2 aromatic carbocycles. The maximum absolute atomic E-state index is 11.6. The van der Waals surface area contributed by atoms with Crippen LogP contribution in [0.15, 0.2) is 42.5 Å². The summed E-state index contributed by atoms with van der Waals surface area (Å²) in [7, 11) is 0. The van der Waals surface area contributed by atoms with E-state index in [0.717, 1.165) is 36.5 Å². The van der Waals surface area contributed by atoms with Gasteiger partial charge in [-0.2, -0.15) is 0 Å². The summed E-state index contributed by atoms with van der Waals surface area (Å²) < 4.78 is 0. The second-order valence-corrected chi connectivity index (χ2v) is 6.85. The van der Waals surface area contributed by atoms with Gasteiger partial charge in [-0.1, -0.05) is 30.3 Å². The van der Waals surface area contributed by atoms with Crippen LogP contribution in [0.5, 0.6) is 0 Å². The van der Waals surface area contributed by atoms with Crippen LogP contribution in [0.25, 0.3) is 22.4 Å². The van der Waals surface area contributed by atoms with Crippen molar-refractivity contribution >= 4 is 16.9 Å². The van der Waals surface area contributed by atoms with Crippen molar-refractivity contribution in [2.45, 2.75) is 25.4 Å². The number of carbonyl (C=O) groups excluding carboxylic acids is 1. The van der Waals surface area contributed by atoms with Crippen LogP contribution in [-0.4, -0.2) is 39.9 Å². The number of hydrogen-bond acceptors (Lipinski definition) is 4. The van der Waals surface area contributed by atoms with Crippen molar-refractivity contribution < 1.29 is 4.79 Å². The van der Waals surface area contributed by atoms with Gasteiger partial charge in [-0.3, -0.25) is 9.69 Å². The van der Waals surface area contributed by atoms with E-state index in [1.807, 2.05) is 6.07 Å². The number of para-hydroxylation sites is 1. The molecule has 0 bridgehead atoms. The fourth-order valence-electron chi connectivity index (χ4n) is 3.74. The molecule has 26 heavy (non-hydrogen) atoms. The molecule has 1 aliphatic heterocycles. The van der Waals surface area contributed by atoms with Gasteiger partial charge in [0.2, 0.25) is 0 Å². The topological polar surface area (TPSA) is 101 Å². The lowest BCUT2D eigenvalue weighted by atomic mass is 10.1. The number of rotatable bonds is 5. The summed E-state index contributed by atoms with van der Waals surface area (Å²) in [6, 6.07) is 14.3. The largest absolute Gasteiger partial charge is 0.366 e. The second-order valence-electron chi connectivity index (χ2n) is 6.85. The van der Waals surface area contributed by atoms with E-state index >= 15 is 0 Å². The standard InChI is InChI=1S/C20H23N5O/c21-11-15-3-2-10-25(15)12-13-6-8-14(9-7-13)20-23-17-5-1-4-16(19(22)26)18(17)24-20/h1,4-9,15H,2-3,10-12,21H2,(H2,22,26)(H,23,24). The molecule has 0 aliphatic carbocycles. The summed E-state index contributed by atoms with van der Waals surface area (Å²) in [6.45, 7) is 2.76. The predicted molar refractivity (Wildman–Crippen MR) is 103 cm³/mol. The van der Waals surface area contributed by atoms with E-state index in [0.29, 0.717) is 17.1 Å². The van der Waals surface area contributed by atoms with Crippen molar-refractivity contribution in [1.29, 1.82) is 0 Å². The number of fused-ring (bicyclic) bond motifs is 1. The number of H-pyrrole nitrogens is 1. The van der Waals surface area contributed by atoms with Crippen LogP contribution in [0.3, 0.4) is 0 Å². The number of carbonyl (C=O) groups is 1. The smallest absolute Gasteiger partial charge is 0.250 e. The molecule has 6 heteroatoms. The number of nitrogens with two attached hydrogens (primary N) is 2. The fraction of sp³-hybridized carbons (Fsp3) is 0.300. The average Bonchev–Trinajstić information content (AvgIpc) is 3.28. The highest BCUT2D eigenvalue weighted by atomic mass is 16.1. The molecule has 0 radical (unpaired) electrons. The number of aromatic amines is 1. The highest BCUT2D eigenvalue weighted by Crippen LogP contribution is 2.24. The first-order valence-electron chi connectivity index (χ1n) is 8.97. The van der Waals surface area contributed by atoms with E-state index in [1.165, 1.54) is 18.4 Å². The molecule has 1 aromatic heterocycles. The van der Waals surface area contributed by atoms with Crippen molar-refractivity contribution in [3.05, 3.63) is 53.6 Å². The van der Waals surface area contributed by atoms with Crippen LogP contribution in [0.1, 0.15) is 28.8 Å². The van der Waals surface area contributed by atoms with Gasteiger partial charge < -0.3 is 16.5 Å². The lowest BCUT2D eigenvalue weighted by molar-refractivity contribution is 0.100. The molecule has 0 saturated carbocycles. The van der Waals surface area contributed by atoms with E-state index in [1.54, 1.807) is 12.1 Å². The Morgan fingerprint density at radius 3 is 2.77 bits per heavy atom. The number of imidazole rings is 1. The Bertz CT molecular complexity index is 931. The lowest BCUT2D eigenvalue weighted by Crippen LogP contribution is -2.34. The van der Waals surface area contributed by atoms with Gasteiger partial charge in [0, 0.05) is 24.7 Å². The number of aromatic nitrogens is 2. The van der Waals surface area contributed by atoms with Gasteiger partial charge in [-0.25, -0.2) is 4.98 Å². The maximum Gasteiger partial charge on any atom is 0.250 e. The van der Waals surface area contributed by atoms with E-state index in [2.05, 4.69) is 39.1 Å². The van der Waals surface area contributed by atoms with Crippen LogP contribution in [0.4, 0.5) is 0 Å². The Morgan fingerprint density at radius 1 is 1.23 bits per heavy atom. The highest BCUT2D eigenvalue weighted by molar-refractivity contribution is 6.04. The molecule has 1 atom stereocenters. The molecule has 134 valence electrons. The Hall–Kier alpha value is -2.70. The molecular weight excluding hydrogens is 326 g/mol. The van der Waals surface area contributed by atoms with Gasteiger partial charge in [0.1, 0.15) is 11.3 Å². The normalized spacial score (nSPS) is 17.8. The van der Waals surface area contributed by atoms with Crippen LogP contribution >= 0.6 is 0 Å². The molecule has 1 saturated heterocycles. The molecule has 6 nitrogen and oxygen atoms in total. The molecule has 1 aliphatic rings. The first-order chi connectivity index (χ1) is 12.7. The van der Waals surface area contributed by atoms with E-state index in [4.69, 9.17) is 11.5 Å². The van der Waals surface area contributed by atoms with Crippen molar-refractivity contribution in [3.8, 4) is 11.4 Å². The number of primary amides is 1. The molecule has 1 amide bonds. The van der Waals surface area contributed by atoms with Crippen molar-refractivity contribution in [2.24, 2.45) is 11.5 Å². The van der Waals surface area contributed by atoms with E-state index in [-0.39, 0.29) is 0 Å². The number of hydrogen-bond donors (Lipinski definition) is 3. The molecule has 3 aromatic rings. The Kier molecular flexibility index (Phi) is 4.44. The van der Waals surface area contributed by atoms with Crippen LogP contribution < -0.4 is 11.5 Å². The monoisotopic (exact) mass is 349 g/mol. The van der Waals surface area contributed by atoms with Gasteiger partial charge >= 0.3 is 0 Å². The molecular formula is C20H23N5O. The lowest BCUT2D eigenvalue weighted by Gasteiger charge is -2.23. The van der Waals surface area contributed by atoms with Crippen LogP contribution in [0, 0.1) is 0 Å². The molecule has 1 unspecified atom stereocenters. The van der Waals surface area contributed by atoms with Crippen LogP contribution in [0.2, 0.25) is 0 Å². The third-order valence-corrected chi connectivity index (χ3v) is 5.16. The third kappa shape index (κ3) is 3.09. The molecule has 2 heterocycles. The summed E-state index contributed by atoms with van der Waals surface area (Å²) in [4.78, 5) is 21.9. The zero-order chi connectivity index (χ0) is 18.1. The zero-order valence-corrected chi connectivity index (χ0v) is 14.6. The minimum Gasteiger partial charge on any atom is -0.366 e. The number of amides is 1. The van der Waals surface area contributed by atoms with Gasteiger partial charge in [0.25, 0.3) is 5.91 Å². The Labute approximate surface area is 152 Å². The van der Waals surface area contributed by atoms with E-state index < -0.39 is 5.91 Å². The van der Waals surface area contributed by atoms with E-state index in [9.17, 15) is 4.79 Å². The van der Waals surface area contributed by atoms with Crippen molar-refractivity contribution in [3.63, 3.8) is 0 Å². The molecule has 4 rings (SSSR count). The first kappa shape index (κ1) is 16.8. The third-order valence-electron chi connectivity index (χ3n) is 5.16. The minimum atomic E-state index is -0.468. The number of benzene rings is 2. The van der Waals surface area contributed by atoms with Gasteiger partial charge in [0.15, 0.2) is 0 Å². The summed E-state index contributed by atoms with van der Waals surface area (Å²) in [5, 5.41) is 0. The Balaban J connectivity index is 1.58. The predicted octanol–water partition coefficient (Wildman–Crippen LogP) is 2.25. The summed E-state index contributed by atoms with van der Waals surface area (Å²) in [6.07, 6.45) is 2.41. The highest BCUT2D eigenvalue weighted by Gasteiger charge is 2.22. The quantitative estimate of drug-likeness (QED) is 0.657. The number of nitrogens with zero attached hydrogens (tertiary/aromatic N) is 2. The maximum atomic E-state index is 11.6. The van der Waals surface area contributed by atoms with Crippen LogP contribution in [-0.2, 0) is 6.54 Å². The zero-order valence-electron chi connectivity index (χ0n) is 14.6. The van der Waals surface area contributed by atoms with Gasteiger partial charge in [-0.15, -0.1) is 0 Å². The molecule has 5 N–H and O–H groups in total. The SMILES string of the molecule is NCC1CCCN1Cc1ccc(-c2nc3c(C(N)=O)cccc3[nH]2)cc1. The fourth-order valence-corrected chi connectivity index (χ4v) is 3.74. The Morgan fingerprint density at radius 2 is 2.04 bits per heavy atom. The number of likely N-dealkylation sites (tertiary alicyclic amines) is 1. The number of nitrogens with one attached hydrogen (secondary N) is 1. The van der Waals surface area contributed by atoms with Gasteiger partial charge in [0.05, 0.1) is 11.1 Å². The first-order valence-corrected chi connectivity index (χ1v) is 8.97. The molecule has 0 spiro atoms. The summed E-state index contributed by atoms with van der Waals surface area (Å²) in [5.41, 5.74) is 15.4. The summed E-state index contributed by atoms with van der Waals surface area (Å²) >= 11 is 0. The average molecular weight is 349 g/mol. The summed E-state index contributed by atoms with van der Waals surface area (Å²) in [5.74, 6) is 0.269.